The summed E-state index contributed by atoms with van der Waals surface area (Å²) in [7, 11) is 3.30. The first-order chi connectivity index (χ1) is 12.6. The molecule has 6 nitrogen and oxygen atoms in total. The van der Waals surface area contributed by atoms with Gasteiger partial charge in [-0.3, -0.25) is 9.59 Å². The molecule has 3 rings (SSSR count). The lowest BCUT2D eigenvalue weighted by molar-refractivity contribution is -0.117. The number of rotatable bonds is 5. The van der Waals surface area contributed by atoms with Crippen molar-refractivity contribution in [3.8, 4) is 11.8 Å². The fourth-order valence-corrected chi connectivity index (χ4v) is 2.88. The third-order valence-corrected chi connectivity index (χ3v) is 4.18. The SMILES string of the molecule is COc1ccccc1NC(=O)C(C#N)C(=O)c1cn(C)c2ccccc12. The first-order valence-electron chi connectivity index (χ1n) is 7.98. The molecule has 1 N–H and O–H groups in total. The van der Waals surface area contributed by atoms with Crippen LogP contribution in [-0.4, -0.2) is 23.4 Å². The summed E-state index contributed by atoms with van der Waals surface area (Å²) in [6.45, 7) is 0. The van der Waals surface area contributed by atoms with Crippen LogP contribution in [0.5, 0.6) is 5.75 Å². The van der Waals surface area contributed by atoms with Crippen LogP contribution in [0, 0.1) is 17.2 Å². The molecule has 0 fully saturated rings. The molecule has 130 valence electrons. The second-order valence-corrected chi connectivity index (χ2v) is 5.79. The number of aromatic nitrogens is 1. The van der Waals surface area contributed by atoms with Gasteiger partial charge in [0.2, 0.25) is 5.91 Å². The molecule has 1 aromatic heterocycles. The lowest BCUT2D eigenvalue weighted by atomic mass is 9.97. The van der Waals surface area contributed by atoms with Crippen molar-refractivity contribution in [2.75, 3.05) is 12.4 Å². The zero-order chi connectivity index (χ0) is 18.7. The third kappa shape index (κ3) is 3.03. The van der Waals surface area contributed by atoms with Gasteiger partial charge in [0.1, 0.15) is 5.75 Å². The van der Waals surface area contributed by atoms with E-state index in [9.17, 15) is 14.9 Å². The predicted octanol–water partition coefficient (Wildman–Crippen LogP) is 3.15. The number of ketones is 1. The van der Waals surface area contributed by atoms with Gasteiger partial charge >= 0.3 is 0 Å². The van der Waals surface area contributed by atoms with E-state index < -0.39 is 17.6 Å². The Labute approximate surface area is 150 Å². The van der Waals surface area contributed by atoms with Gasteiger partial charge in [0, 0.05) is 29.7 Å². The van der Waals surface area contributed by atoms with Crippen LogP contribution >= 0.6 is 0 Å². The summed E-state index contributed by atoms with van der Waals surface area (Å²) in [5.41, 5.74) is 1.62. The highest BCUT2D eigenvalue weighted by molar-refractivity contribution is 6.20. The van der Waals surface area contributed by atoms with Crippen LogP contribution in [-0.2, 0) is 11.8 Å². The average Bonchev–Trinajstić information content (AvgIpc) is 3.00. The first-order valence-corrected chi connectivity index (χ1v) is 7.98. The van der Waals surface area contributed by atoms with Gasteiger partial charge in [-0.2, -0.15) is 5.26 Å². The standard InChI is InChI=1S/C20H17N3O3/c1-23-12-15(13-7-3-5-9-17(13)23)19(24)14(11-21)20(25)22-16-8-4-6-10-18(16)26-2/h3-10,12,14H,1-2H3,(H,22,25). The quantitative estimate of drug-likeness (QED) is 0.568. The predicted molar refractivity (Wildman–Crippen MR) is 98.0 cm³/mol. The van der Waals surface area contributed by atoms with E-state index in [1.165, 1.54) is 7.11 Å². The number of amides is 1. The number of nitrogens with zero attached hydrogens (tertiary/aromatic N) is 2. The summed E-state index contributed by atoms with van der Waals surface area (Å²) in [5, 5.41) is 12.8. The highest BCUT2D eigenvalue weighted by Crippen LogP contribution is 2.26. The number of hydrogen-bond donors (Lipinski definition) is 1. The van der Waals surface area contributed by atoms with Crippen molar-refractivity contribution >= 4 is 28.3 Å². The van der Waals surface area contributed by atoms with Crippen molar-refractivity contribution in [2.24, 2.45) is 13.0 Å². The smallest absolute Gasteiger partial charge is 0.249 e. The number of carbonyl (C=O) groups is 2. The van der Waals surface area contributed by atoms with E-state index in [1.807, 2.05) is 31.3 Å². The van der Waals surface area contributed by atoms with Gasteiger partial charge in [0.15, 0.2) is 11.7 Å². The molecule has 0 aliphatic rings. The van der Waals surface area contributed by atoms with Crippen molar-refractivity contribution < 1.29 is 14.3 Å². The van der Waals surface area contributed by atoms with Gasteiger partial charge in [-0.1, -0.05) is 30.3 Å². The Kier molecular flexibility index (Phi) is 4.72. The van der Waals surface area contributed by atoms with Crippen LogP contribution in [0.4, 0.5) is 5.69 Å². The van der Waals surface area contributed by atoms with Gasteiger partial charge in [-0.15, -0.1) is 0 Å². The summed E-state index contributed by atoms with van der Waals surface area (Å²) >= 11 is 0. The summed E-state index contributed by atoms with van der Waals surface area (Å²) in [4.78, 5) is 25.4. The summed E-state index contributed by atoms with van der Waals surface area (Å²) in [6.07, 6.45) is 1.65. The number of hydrogen-bond acceptors (Lipinski definition) is 4. The largest absolute Gasteiger partial charge is 0.495 e. The topological polar surface area (TPSA) is 84.1 Å². The Balaban J connectivity index is 1.91. The van der Waals surface area contributed by atoms with E-state index in [1.54, 1.807) is 41.1 Å². The number of anilines is 1. The number of para-hydroxylation sites is 3. The second kappa shape index (κ2) is 7.11. The Morgan fingerprint density at radius 3 is 2.58 bits per heavy atom. The third-order valence-electron chi connectivity index (χ3n) is 4.18. The minimum absolute atomic E-state index is 0.352. The molecule has 0 radical (unpaired) electrons. The van der Waals surface area contributed by atoms with Crippen LogP contribution in [0.3, 0.4) is 0 Å². The van der Waals surface area contributed by atoms with Gasteiger partial charge in [0.25, 0.3) is 0 Å². The minimum atomic E-state index is -1.45. The van der Waals surface area contributed by atoms with Gasteiger partial charge in [-0.25, -0.2) is 0 Å². The molecule has 26 heavy (non-hydrogen) atoms. The van der Waals surface area contributed by atoms with Crippen molar-refractivity contribution in [1.29, 1.82) is 5.26 Å². The molecule has 0 aliphatic heterocycles. The summed E-state index contributed by atoms with van der Waals surface area (Å²) in [6, 6.07) is 16.0. The number of Topliss-reactive ketones (excluding diaryl/α,β-unsaturated/α-hetero) is 1. The highest BCUT2D eigenvalue weighted by Gasteiger charge is 2.30. The van der Waals surface area contributed by atoms with E-state index in [-0.39, 0.29) is 0 Å². The number of ether oxygens (including phenoxy) is 1. The summed E-state index contributed by atoms with van der Waals surface area (Å²) < 4.78 is 6.98. The molecular weight excluding hydrogens is 330 g/mol. The maximum Gasteiger partial charge on any atom is 0.249 e. The fraction of sp³-hybridized carbons (Fsp3) is 0.150. The van der Waals surface area contributed by atoms with Crippen LogP contribution < -0.4 is 10.1 Å². The molecule has 0 bridgehead atoms. The Hall–Kier alpha value is -3.59. The normalized spacial score (nSPS) is 11.6. The van der Waals surface area contributed by atoms with Crippen molar-refractivity contribution in [1.82, 2.24) is 4.57 Å². The van der Waals surface area contributed by atoms with Crippen LogP contribution in [0.25, 0.3) is 10.9 Å². The molecule has 0 spiro atoms. The zero-order valence-electron chi connectivity index (χ0n) is 14.4. The Morgan fingerprint density at radius 1 is 1.15 bits per heavy atom. The molecule has 6 heteroatoms. The molecular formula is C20H17N3O3. The number of aryl methyl sites for hydroxylation is 1. The van der Waals surface area contributed by atoms with Crippen LogP contribution in [0.2, 0.25) is 0 Å². The van der Waals surface area contributed by atoms with E-state index in [0.717, 1.165) is 5.52 Å². The number of fused-ring (bicyclic) bond motifs is 1. The molecule has 0 saturated carbocycles. The van der Waals surface area contributed by atoms with Crippen molar-refractivity contribution in [3.63, 3.8) is 0 Å². The fourth-order valence-electron chi connectivity index (χ4n) is 2.88. The first kappa shape index (κ1) is 17.2. The van der Waals surface area contributed by atoms with Crippen LogP contribution in [0.15, 0.2) is 54.7 Å². The molecule has 2 aromatic carbocycles. The lowest BCUT2D eigenvalue weighted by Gasteiger charge is -2.12. The number of benzene rings is 2. The van der Waals surface area contributed by atoms with Crippen LogP contribution in [0.1, 0.15) is 10.4 Å². The molecule has 1 amide bonds. The number of nitriles is 1. The maximum absolute atomic E-state index is 12.9. The number of carbonyl (C=O) groups excluding carboxylic acids is 2. The Morgan fingerprint density at radius 2 is 1.85 bits per heavy atom. The zero-order valence-corrected chi connectivity index (χ0v) is 14.4. The van der Waals surface area contributed by atoms with Gasteiger partial charge in [-0.05, 0) is 18.2 Å². The van der Waals surface area contributed by atoms with Crippen molar-refractivity contribution in [3.05, 3.63) is 60.3 Å². The van der Waals surface area contributed by atoms with E-state index in [2.05, 4.69) is 5.32 Å². The number of nitrogens with one attached hydrogen (secondary N) is 1. The van der Waals surface area contributed by atoms with E-state index in [4.69, 9.17) is 4.74 Å². The van der Waals surface area contributed by atoms with Gasteiger partial charge in [0.05, 0.1) is 18.9 Å². The molecule has 3 aromatic rings. The monoisotopic (exact) mass is 347 g/mol. The van der Waals surface area contributed by atoms with Gasteiger partial charge < -0.3 is 14.6 Å². The average molecular weight is 347 g/mol. The molecule has 1 atom stereocenters. The molecule has 0 aliphatic carbocycles. The van der Waals surface area contributed by atoms with E-state index in [0.29, 0.717) is 22.4 Å². The minimum Gasteiger partial charge on any atom is -0.495 e. The molecule has 0 saturated heterocycles. The Bertz CT molecular complexity index is 1030. The highest BCUT2D eigenvalue weighted by atomic mass is 16.5. The molecule has 1 heterocycles. The lowest BCUT2D eigenvalue weighted by Crippen LogP contribution is -2.28. The number of methoxy groups -OCH3 is 1. The maximum atomic E-state index is 12.9. The second-order valence-electron chi connectivity index (χ2n) is 5.79. The van der Waals surface area contributed by atoms with Crippen molar-refractivity contribution in [2.45, 2.75) is 0 Å². The van der Waals surface area contributed by atoms with E-state index >= 15 is 0 Å². The molecule has 1 unspecified atom stereocenters. The summed E-state index contributed by atoms with van der Waals surface area (Å²) in [5.74, 6) is -2.22.